The number of amidine groups is 2. The van der Waals surface area contributed by atoms with E-state index in [1.54, 1.807) is 0 Å². The van der Waals surface area contributed by atoms with Crippen molar-refractivity contribution in [1.29, 1.82) is 0 Å². The number of para-hydroxylation sites is 1. The lowest BCUT2D eigenvalue weighted by molar-refractivity contribution is 0.756. The highest BCUT2D eigenvalue weighted by Crippen LogP contribution is 2.52. The summed E-state index contributed by atoms with van der Waals surface area (Å²) in [6.07, 6.45) is 6.51. The number of thioether (sulfide) groups is 1. The Morgan fingerprint density at radius 1 is 0.500 bits per heavy atom. The molecule has 3 heterocycles. The van der Waals surface area contributed by atoms with Crippen LogP contribution in [0.1, 0.15) is 34.3 Å². The molecule has 5 heteroatoms. The van der Waals surface area contributed by atoms with Gasteiger partial charge in [-0.25, -0.2) is 9.98 Å². The zero-order valence-electron chi connectivity index (χ0n) is 30.5. The van der Waals surface area contributed by atoms with Crippen LogP contribution >= 0.6 is 11.8 Å². The van der Waals surface area contributed by atoms with E-state index in [1.165, 1.54) is 54.7 Å². The Morgan fingerprint density at radius 3 is 1.91 bits per heavy atom. The van der Waals surface area contributed by atoms with Crippen molar-refractivity contribution < 1.29 is 0 Å². The maximum absolute atomic E-state index is 5.34. The molecule has 3 aliphatic rings. The van der Waals surface area contributed by atoms with E-state index >= 15 is 0 Å². The molecule has 11 rings (SSSR count). The van der Waals surface area contributed by atoms with Crippen LogP contribution in [0.5, 0.6) is 0 Å². The van der Waals surface area contributed by atoms with Gasteiger partial charge in [-0.05, 0) is 63.7 Å². The number of hydrogen-bond donors (Lipinski definition) is 1. The normalized spacial score (nSPS) is 18.5. The number of nitrogens with one attached hydrogen (secondary N) is 1. The van der Waals surface area contributed by atoms with Crippen LogP contribution in [0, 0.1) is 0 Å². The first kappa shape index (κ1) is 32.7. The fourth-order valence-corrected chi connectivity index (χ4v) is 9.96. The fourth-order valence-electron chi connectivity index (χ4n) is 8.50. The third-order valence-corrected chi connectivity index (χ3v) is 12.7. The molecule has 0 spiro atoms. The molecule has 7 aromatic carbocycles. The smallest absolute Gasteiger partial charge is 0.169 e. The Labute approximate surface area is 330 Å². The summed E-state index contributed by atoms with van der Waals surface area (Å²) >= 11 is 1.98. The molecule has 266 valence electrons. The molecule has 8 aromatic rings. The maximum atomic E-state index is 5.34. The Morgan fingerprint density at radius 2 is 1.11 bits per heavy atom. The van der Waals surface area contributed by atoms with Gasteiger partial charge in [-0.15, -0.1) is 11.8 Å². The first-order chi connectivity index (χ1) is 27.7. The van der Waals surface area contributed by atoms with Gasteiger partial charge in [0, 0.05) is 38.4 Å². The predicted octanol–water partition coefficient (Wildman–Crippen LogP) is 12.3. The SMILES string of the molecule is C1=CC2c3ccccc3SC2C(n2c3ccccc3c3ccc(C4=NC(c5ccc(-c6ccccc6)cc5)N=C(c5cccc(-c6ccccc6)c5)N4)cc32)=C1. The first-order valence-electron chi connectivity index (χ1n) is 19.2. The fraction of sp³-hybridized carbons (Fsp3) is 0.0588. The number of benzene rings is 7. The van der Waals surface area contributed by atoms with Gasteiger partial charge in [0.2, 0.25) is 0 Å². The summed E-state index contributed by atoms with van der Waals surface area (Å²) in [6.45, 7) is 0. The van der Waals surface area contributed by atoms with E-state index in [2.05, 4.69) is 204 Å². The van der Waals surface area contributed by atoms with E-state index < -0.39 is 6.17 Å². The van der Waals surface area contributed by atoms with E-state index in [-0.39, 0.29) is 5.25 Å². The second-order valence-corrected chi connectivity index (χ2v) is 15.7. The van der Waals surface area contributed by atoms with Gasteiger partial charge in [-0.3, -0.25) is 0 Å². The summed E-state index contributed by atoms with van der Waals surface area (Å²) in [5.41, 5.74) is 12.9. The maximum Gasteiger partial charge on any atom is 0.169 e. The molecule has 4 nitrogen and oxygen atoms in total. The average molecular weight is 737 g/mol. The lowest BCUT2D eigenvalue weighted by Gasteiger charge is -2.25. The van der Waals surface area contributed by atoms with Crippen molar-refractivity contribution in [3.05, 3.63) is 216 Å². The highest BCUT2D eigenvalue weighted by atomic mass is 32.2. The number of allylic oxidation sites excluding steroid dienone is 3. The number of nitrogens with zero attached hydrogens (tertiary/aromatic N) is 3. The zero-order valence-corrected chi connectivity index (χ0v) is 31.3. The van der Waals surface area contributed by atoms with E-state index in [4.69, 9.17) is 9.98 Å². The summed E-state index contributed by atoms with van der Waals surface area (Å²) < 4.78 is 2.50. The first-order valence-corrected chi connectivity index (χ1v) is 20.0. The average Bonchev–Trinajstić information content (AvgIpc) is 3.83. The van der Waals surface area contributed by atoms with Crippen LogP contribution in [-0.4, -0.2) is 21.5 Å². The topological polar surface area (TPSA) is 41.7 Å². The van der Waals surface area contributed by atoms with Gasteiger partial charge in [0.15, 0.2) is 6.17 Å². The number of aliphatic imine (C=N–C) groups is 2. The van der Waals surface area contributed by atoms with Crippen molar-refractivity contribution in [2.45, 2.75) is 22.2 Å². The molecule has 1 N–H and O–H groups in total. The summed E-state index contributed by atoms with van der Waals surface area (Å²) in [6, 6.07) is 62.8. The van der Waals surface area contributed by atoms with Crippen LogP contribution in [0.3, 0.4) is 0 Å². The minimum absolute atomic E-state index is 0.282. The molecule has 1 aliphatic carbocycles. The summed E-state index contributed by atoms with van der Waals surface area (Å²) in [7, 11) is 0. The van der Waals surface area contributed by atoms with Crippen LogP contribution in [-0.2, 0) is 0 Å². The largest absolute Gasteiger partial charge is 0.324 e. The Balaban J connectivity index is 1.04. The molecule has 1 aromatic heterocycles. The third-order valence-electron chi connectivity index (χ3n) is 11.2. The standard InChI is InChI=1S/C51H36N4S/c1-3-13-33(14-4-1)35-25-27-36(28-26-35)49-52-50(38-18-11-17-37(31-38)34-15-5-2-6-16-34)54-51(53-49)39-29-30-41-40-19-7-9-22-44(40)55(46(41)32-39)45-23-12-21-43-42-20-8-10-24-47(42)56-48(43)45/h1-32,43,48-49H,(H,52,53,54). The van der Waals surface area contributed by atoms with Gasteiger partial charge in [0.1, 0.15) is 11.7 Å². The van der Waals surface area contributed by atoms with E-state index in [0.717, 1.165) is 33.9 Å². The lowest BCUT2D eigenvalue weighted by atomic mass is 9.90. The van der Waals surface area contributed by atoms with Gasteiger partial charge in [-0.1, -0.05) is 164 Å². The van der Waals surface area contributed by atoms with Crippen LogP contribution in [0.2, 0.25) is 0 Å². The van der Waals surface area contributed by atoms with E-state index in [1.807, 2.05) is 11.8 Å². The molecule has 0 amide bonds. The molecular weight excluding hydrogens is 701 g/mol. The molecule has 0 bridgehead atoms. The Kier molecular flexibility index (Phi) is 7.92. The molecule has 0 saturated heterocycles. The van der Waals surface area contributed by atoms with Gasteiger partial charge in [0.25, 0.3) is 0 Å². The summed E-state index contributed by atoms with van der Waals surface area (Å²) in [5.74, 6) is 1.93. The quantitative estimate of drug-likeness (QED) is 0.185. The number of aromatic nitrogens is 1. The third kappa shape index (κ3) is 5.62. The molecule has 0 fully saturated rings. The second kappa shape index (κ2) is 13.6. The van der Waals surface area contributed by atoms with Crippen LogP contribution in [0.25, 0.3) is 49.8 Å². The van der Waals surface area contributed by atoms with Crippen molar-refractivity contribution in [2.24, 2.45) is 9.98 Å². The van der Waals surface area contributed by atoms with Crippen LogP contribution in [0.15, 0.2) is 209 Å². The van der Waals surface area contributed by atoms with Gasteiger partial charge in [-0.2, -0.15) is 0 Å². The number of fused-ring (bicyclic) bond motifs is 6. The minimum Gasteiger partial charge on any atom is -0.324 e. The molecule has 3 atom stereocenters. The Bertz CT molecular complexity index is 2920. The molecule has 0 saturated carbocycles. The minimum atomic E-state index is -0.423. The van der Waals surface area contributed by atoms with Crippen molar-refractivity contribution >= 4 is 50.9 Å². The van der Waals surface area contributed by atoms with Crippen molar-refractivity contribution in [1.82, 2.24) is 9.88 Å². The molecule has 0 radical (unpaired) electrons. The van der Waals surface area contributed by atoms with E-state index in [0.29, 0.717) is 5.92 Å². The Hall–Kier alpha value is -6.69. The van der Waals surface area contributed by atoms with Crippen molar-refractivity contribution in [2.75, 3.05) is 0 Å². The monoisotopic (exact) mass is 736 g/mol. The molecule has 2 aliphatic heterocycles. The van der Waals surface area contributed by atoms with E-state index in [9.17, 15) is 0 Å². The predicted molar refractivity (Wildman–Crippen MR) is 234 cm³/mol. The highest BCUT2D eigenvalue weighted by Gasteiger charge is 2.37. The number of rotatable bonds is 6. The molecular formula is C51H36N4S. The molecule has 56 heavy (non-hydrogen) atoms. The van der Waals surface area contributed by atoms with Gasteiger partial charge in [0.05, 0.1) is 16.3 Å². The lowest BCUT2D eigenvalue weighted by Crippen LogP contribution is -2.36. The van der Waals surface area contributed by atoms with Crippen molar-refractivity contribution in [3.63, 3.8) is 0 Å². The summed E-state index contributed by atoms with van der Waals surface area (Å²) in [4.78, 5) is 12.0. The van der Waals surface area contributed by atoms with Gasteiger partial charge < -0.3 is 9.88 Å². The van der Waals surface area contributed by atoms with Crippen LogP contribution in [0.4, 0.5) is 0 Å². The second-order valence-electron chi connectivity index (χ2n) is 14.6. The number of hydrogen-bond acceptors (Lipinski definition) is 4. The van der Waals surface area contributed by atoms with Crippen molar-refractivity contribution in [3.8, 4) is 22.3 Å². The van der Waals surface area contributed by atoms with Gasteiger partial charge >= 0.3 is 0 Å². The molecule has 3 unspecified atom stereocenters. The zero-order chi connectivity index (χ0) is 37.0. The highest BCUT2D eigenvalue weighted by molar-refractivity contribution is 8.00. The van der Waals surface area contributed by atoms with Crippen LogP contribution < -0.4 is 5.32 Å². The summed E-state index contributed by atoms with van der Waals surface area (Å²) in [5, 5.41) is 6.46.